The lowest BCUT2D eigenvalue weighted by atomic mass is 10.1. The third-order valence-corrected chi connectivity index (χ3v) is 4.18. The summed E-state index contributed by atoms with van der Waals surface area (Å²) in [6.45, 7) is 7.15. The first-order valence-corrected chi connectivity index (χ1v) is 8.46. The van der Waals surface area contributed by atoms with E-state index in [-0.39, 0.29) is 11.8 Å². The summed E-state index contributed by atoms with van der Waals surface area (Å²) in [7, 11) is 0. The van der Waals surface area contributed by atoms with E-state index >= 15 is 0 Å². The number of carbonyl (C=O) groups is 2. The highest BCUT2D eigenvalue weighted by molar-refractivity contribution is 6.14. The molecule has 0 radical (unpaired) electrons. The minimum absolute atomic E-state index is 0.232. The van der Waals surface area contributed by atoms with Crippen molar-refractivity contribution >= 4 is 39.9 Å². The lowest BCUT2D eigenvalue weighted by molar-refractivity contribution is -0.130. The number of benzene rings is 1. The molecule has 0 spiro atoms. The number of amidine groups is 1. The second-order valence-electron chi connectivity index (χ2n) is 6.63. The molecule has 3 rings (SSSR count). The molecule has 2 heterocycles. The van der Waals surface area contributed by atoms with Crippen LogP contribution in [0.25, 0.3) is 10.9 Å². The highest BCUT2D eigenvalue weighted by Crippen LogP contribution is 2.40. The zero-order chi connectivity index (χ0) is 18.1. The summed E-state index contributed by atoms with van der Waals surface area (Å²) >= 11 is 0. The lowest BCUT2D eigenvalue weighted by Crippen LogP contribution is -2.53. The summed E-state index contributed by atoms with van der Waals surface area (Å²) < 4.78 is 0. The lowest BCUT2D eigenvalue weighted by Gasteiger charge is -2.38. The number of anilines is 1. The van der Waals surface area contributed by atoms with Crippen molar-refractivity contribution in [2.75, 3.05) is 5.01 Å². The Morgan fingerprint density at radius 1 is 1.08 bits per heavy atom. The molecule has 0 aliphatic carbocycles. The van der Waals surface area contributed by atoms with Crippen molar-refractivity contribution < 1.29 is 9.59 Å². The van der Waals surface area contributed by atoms with Crippen LogP contribution < -0.4 is 5.01 Å². The Kier molecular flexibility index (Phi) is 4.53. The van der Waals surface area contributed by atoms with Gasteiger partial charge in [-0.2, -0.15) is 5.01 Å². The van der Waals surface area contributed by atoms with Gasteiger partial charge >= 0.3 is 0 Å². The van der Waals surface area contributed by atoms with Crippen molar-refractivity contribution in [2.24, 2.45) is 10.9 Å². The fraction of sp³-hybridized carbons (Fsp3) is 0.368. The molecule has 0 saturated heterocycles. The van der Waals surface area contributed by atoms with Gasteiger partial charge in [-0.15, -0.1) is 0 Å². The fourth-order valence-electron chi connectivity index (χ4n) is 3.02. The molecule has 2 aromatic rings. The van der Waals surface area contributed by atoms with Gasteiger partial charge in [-0.3, -0.25) is 14.6 Å². The second kappa shape index (κ2) is 6.63. The summed E-state index contributed by atoms with van der Waals surface area (Å²) in [6.07, 6.45) is 3.17. The van der Waals surface area contributed by atoms with Crippen LogP contribution in [-0.2, 0) is 9.59 Å². The van der Waals surface area contributed by atoms with Crippen molar-refractivity contribution in [3.8, 4) is 0 Å². The smallest absolute Gasteiger partial charge is 0.244 e. The molecule has 25 heavy (non-hydrogen) atoms. The molecular formula is C19H22N4O2. The fourth-order valence-corrected chi connectivity index (χ4v) is 3.02. The number of para-hydroxylation sites is 1. The molecule has 1 aromatic carbocycles. The molecule has 0 bridgehead atoms. The Labute approximate surface area is 147 Å². The highest BCUT2D eigenvalue weighted by Gasteiger charge is 2.34. The number of aromatic nitrogens is 1. The van der Waals surface area contributed by atoms with E-state index in [0.29, 0.717) is 29.5 Å². The Bertz CT molecular complexity index is 873. The maximum Gasteiger partial charge on any atom is 0.244 e. The average Bonchev–Trinajstić information content (AvgIpc) is 2.57. The van der Waals surface area contributed by atoms with Gasteiger partial charge in [0.1, 0.15) is 17.2 Å². The quantitative estimate of drug-likeness (QED) is 0.854. The number of fused-ring (bicyclic) bond motifs is 3. The molecule has 6 nitrogen and oxygen atoms in total. The Hall–Kier alpha value is -2.76. The number of pyridine rings is 1. The minimum Gasteiger partial charge on any atom is -0.273 e. The van der Waals surface area contributed by atoms with Gasteiger partial charge in [0.15, 0.2) is 0 Å². The predicted molar refractivity (Wildman–Crippen MR) is 98.6 cm³/mol. The number of hydrogen-bond donors (Lipinski definition) is 0. The van der Waals surface area contributed by atoms with Crippen LogP contribution >= 0.6 is 0 Å². The number of aliphatic imine (C=N–C) groups is 1. The predicted octanol–water partition coefficient (Wildman–Crippen LogP) is 3.83. The zero-order valence-electron chi connectivity index (χ0n) is 15.0. The largest absolute Gasteiger partial charge is 0.273 e. The van der Waals surface area contributed by atoms with Crippen molar-refractivity contribution in [3.05, 3.63) is 30.5 Å². The van der Waals surface area contributed by atoms with Crippen LogP contribution in [0.3, 0.4) is 0 Å². The summed E-state index contributed by atoms with van der Waals surface area (Å²) in [5, 5.41) is 3.64. The number of rotatable bonds is 3. The monoisotopic (exact) mass is 338 g/mol. The summed E-state index contributed by atoms with van der Waals surface area (Å²) in [5.41, 5.74) is 1.99. The average molecular weight is 338 g/mol. The van der Waals surface area contributed by atoms with Gasteiger partial charge in [0, 0.05) is 25.7 Å². The Balaban J connectivity index is 2.23. The van der Waals surface area contributed by atoms with Gasteiger partial charge in [-0.05, 0) is 18.4 Å². The standard InChI is InChI=1S/C19H22N4O2/c1-12(2)9-10-18-21-17-11-20-16-8-6-5-7-15(16)19(17)23(14(4)25)22(18)13(3)24/h5-8,11-12H,9-10H2,1-4H3. The SMILES string of the molecule is CC(=O)N1C(CCC(C)C)=Nc2cnc3ccccc3c2N1C(C)=O. The van der Waals surface area contributed by atoms with Crippen LogP contribution in [0.15, 0.2) is 35.5 Å². The molecule has 0 unspecified atom stereocenters. The van der Waals surface area contributed by atoms with Crippen LogP contribution in [-0.4, -0.2) is 27.6 Å². The van der Waals surface area contributed by atoms with Gasteiger partial charge in [0.05, 0.1) is 11.7 Å². The zero-order valence-corrected chi connectivity index (χ0v) is 15.0. The number of hydrogen-bond acceptors (Lipinski definition) is 4. The number of hydrazine groups is 1. The Morgan fingerprint density at radius 3 is 2.40 bits per heavy atom. The van der Waals surface area contributed by atoms with E-state index in [1.807, 2.05) is 24.3 Å². The maximum absolute atomic E-state index is 12.5. The number of carbonyl (C=O) groups excluding carboxylic acids is 2. The van der Waals surface area contributed by atoms with E-state index in [9.17, 15) is 9.59 Å². The molecular weight excluding hydrogens is 316 g/mol. The third kappa shape index (κ3) is 3.12. The summed E-state index contributed by atoms with van der Waals surface area (Å²) in [5.74, 6) is 0.591. The van der Waals surface area contributed by atoms with Gasteiger partial charge in [0.2, 0.25) is 11.8 Å². The van der Waals surface area contributed by atoms with Gasteiger partial charge in [-0.1, -0.05) is 32.0 Å². The van der Waals surface area contributed by atoms with Crippen LogP contribution in [0.5, 0.6) is 0 Å². The molecule has 0 N–H and O–H groups in total. The maximum atomic E-state index is 12.5. The molecule has 6 heteroatoms. The topological polar surface area (TPSA) is 65.9 Å². The first-order chi connectivity index (χ1) is 11.9. The molecule has 130 valence electrons. The molecule has 0 fully saturated rings. The third-order valence-electron chi connectivity index (χ3n) is 4.18. The van der Waals surface area contributed by atoms with Crippen molar-refractivity contribution in [1.82, 2.24) is 9.99 Å². The minimum atomic E-state index is -0.232. The van der Waals surface area contributed by atoms with Gasteiger partial charge in [-0.25, -0.2) is 10.0 Å². The molecule has 0 atom stereocenters. The van der Waals surface area contributed by atoms with E-state index in [4.69, 9.17) is 0 Å². The van der Waals surface area contributed by atoms with E-state index < -0.39 is 0 Å². The molecule has 1 aliphatic heterocycles. The van der Waals surface area contributed by atoms with Crippen molar-refractivity contribution in [1.29, 1.82) is 0 Å². The van der Waals surface area contributed by atoms with E-state index in [1.165, 1.54) is 23.9 Å². The second-order valence-corrected chi connectivity index (χ2v) is 6.63. The van der Waals surface area contributed by atoms with Crippen LogP contribution in [0.1, 0.15) is 40.5 Å². The first-order valence-electron chi connectivity index (χ1n) is 8.46. The molecule has 2 amide bonds. The normalized spacial score (nSPS) is 13.9. The van der Waals surface area contributed by atoms with E-state index in [2.05, 4.69) is 23.8 Å². The van der Waals surface area contributed by atoms with Crippen molar-refractivity contribution in [3.63, 3.8) is 0 Å². The van der Waals surface area contributed by atoms with Gasteiger partial charge < -0.3 is 0 Å². The highest BCUT2D eigenvalue weighted by atomic mass is 16.2. The summed E-state index contributed by atoms with van der Waals surface area (Å²) in [4.78, 5) is 33.9. The van der Waals surface area contributed by atoms with Crippen molar-refractivity contribution in [2.45, 2.75) is 40.5 Å². The van der Waals surface area contributed by atoms with Gasteiger partial charge in [0.25, 0.3) is 0 Å². The van der Waals surface area contributed by atoms with Crippen LogP contribution in [0.4, 0.5) is 11.4 Å². The number of amides is 2. The van der Waals surface area contributed by atoms with E-state index in [1.54, 1.807) is 6.20 Å². The first kappa shape index (κ1) is 17.1. The Morgan fingerprint density at radius 2 is 1.76 bits per heavy atom. The summed E-state index contributed by atoms with van der Waals surface area (Å²) in [6, 6.07) is 7.55. The molecule has 1 aromatic heterocycles. The van der Waals surface area contributed by atoms with Crippen LogP contribution in [0, 0.1) is 5.92 Å². The molecule has 0 saturated carbocycles. The number of nitrogens with zero attached hydrogens (tertiary/aromatic N) is 4. The molecule has 1 aliphatic rings. The van der Waals surface area contributed by atoms with E-state index in [0.717, 1.165) is 17.3 Å². The van der Waals surface area contributed by atoms with Crippen LogP contribution in [0.2, 0.25) is 0 Å².